The van der Waals surface area contributed by atoms with Crippen LogP contribution in [0.15, 0.2) is 21.1 Å². The third-order valence-corrected chi connectivity index (χ3v) is 3.01. The third-order valence-electron chi connectivity index (χ3n) is 1.95. The number of hydrogen-bond acceptors (Lipinski definition) is 5. The highest BCUT2D eigenvalue weighted by Crippen LogP contribution is 2.27. The van der Waals surface area contributed by atoms with Gasteiger partial charge in [-0.3, -0.25) is 0 Å². The van der Waals surface area contributed by atoms with Crippen molar-refractivity contribution in [3.05, 3.63) is 21.1 Å². The minimum Gasteiger partial charge on any atom is -0.129 e. The highest BCUT2D eigenvalue weighted by molar-refractivity contribution is 9.11. The van der Waals surface area contributed by atoms with E-state index in [1.165, 1.54) is 4.63 Å². The smallest absolute Gasteiger partial charge is 0.129 e. The van der Waals surface area contributed by atoms with Crippen molar-refractivity contribution in [2.45, 2.75) is 0 Å². The molecular formula is C7H2Br2N6. The van der Waals surface area contributed by atoms with Crippen LogP contribution in [-0.2, 0) is 0 Å². The van der Waals surface area contributed by atoms with Crippen LogP contribution in [0.3, 0.4) is 0 Å². The standard InChI is InChI=1S/C7H2Br2N6/c8-3-1-4-6(5(9)2-3)10-13-15-7(4)11-12-14-15/h1-2H. The van der Waals surface area contributed by atoms with Gasteiger partial charge in [0, 0.05) is 8.95 Å². The lowest BCUT2D eigenvalue weighted by Gasteiger charge is -1.99. The van der Waals surface area contributed by atoms with Gasteiger partial charge < -0.3 is 0 Å². The fourth-order valence-electron chi connectivity index (χ4n) is 1.33. The Morgan fingerprint density at radius 3 is 2.80 bits per heavy atom. The second-order valence-electron chi connectivity index (χ2n) is 2.87. The van der Waals surface area contributed by atoms with Gasteiger partial charge in [-0.25, -0.2) is 0 Å². The molecule has 0 aliphatic heterocycles. The van der Waals surface area contributed by atoms with Crippen LogP contribution in [0.25, 0.3) is 16.6 Å². The zero-order valence-corrected chi connectivity index (χ0v) is 10.3. The molecular weight excluding hydrogens is 328 g/mol. The van der Waals surface area contributed by atoms with Crippen LogP contribution in [0.2, 0.25) is 0 Å². The average Bonchev–Trinajstić information content (AvgIpc) is 2.65. The Kier molecular flexibility index (Phi) is 1.93. The van der Waals surface area contributed by atoms with E-state index in [2.05, 4.69) is 57.7 Å². The summed E-state index contributed by atoms with van der Waals surface area (Å²) >= 11 is 6.81. The van der Waals surface area contributed by atoms with E-state index in [4.69, 9.17) is 0 Å². The number of tetrazole rings is 1. The van der Waals surface area contributed by atoms with Crippen molar-refractivity contribution < 1.29 is 0 Å². The summed E-state index contributed by atoms with van der Waals surface area (Å²) in [7, 11) is 0. The predicted molar refractivity (Wildman–Crippen MR) is 59.3 cm³/mol. The number of rotatable bonds is 0. The summed E-state index contributed by atoms with van der Waals surface area (Å²) in [6.45, 7) is 0. The zero-order chi connectivity index (χ0) is 10.4. The van der Waals surface area contributed by atoms with Crippen molar-refractivity contribution in [2.24, 2.45) is 0 Å². The number of fused-ring (bicyclic) bond motifs is 3. The van der Waals surface area contributed by atoms with E-state index in [1.54, 1.807) is 0 Å². The van der Waals surface area contributed by atoms with Crippen molar-refractivity contribution in [3.63, 3.8) is 0 Å². The molecule has 8 heteroatoms. The molecule has 2 heterocycles. The summed E-state index contributed by atoms with van der Waals surface area (Å²) < 4.78 is 3.07. The van der Waals surface area contributed by atoms with Gasteiger partial charge in [0.25, 0.3) is 0 Å². The Bertz CT molecular complexity index is 663. The minimum atomic E-state index is 0.585. The van der Waals surface area contributed by atoms with Crippen LogP contribution >= 0.6 is 31.9 Å². The first kappa shape index (κ1) is 9.10. The fraction of sp³-hybridized carbons (Fsp3) is 0. The second kappa shape index (κ2) is 3.17. The molecule has 0 aliphatic carbocycles. The van der Waals surface area contributed by atoms with Gasteiger partial charge in [0.15, 0.2) is 0 Å². The lowest BCUT2D eigenvalue weighted by molar-refractivity contribution is 0.687. The Morgan fingerprint density at radius 2 is 1.93 bits per heavy atom. The maximum absolute atomic E-state index is 4.02. The van der Waals surface area contributed by atoms with Gasteiger partial charge in [-0.1, -0.05) is 20.6 Å². The van der Waals surface area contributed by atoms with Gasteiger partial charge in [0.2, 0.25) is 5.65 Å². The molecule has 0 saturated carbocycles. The van der Waals surface area contributed by atoms with E-state index < -0.39 is 0 Å². The van der Waals surface area contributed by atoms with Gasteiger partial charge in [-0.05, 0) is 43.7 Å². The molecule has 0 unspecified atom stereocenters. The van der Waals surface area contributed by atoms with Crippen LogP contribution in [-0.4, -0.2) is 30.5 Å². The molecule has 0 aliphatic rings. The van der Waals surface area contributed by atoms with Gasteiger partial charge in [0.05, 0.1) is 5.39 Å². The van der Waals surface area contributed by atoms with E-state index >= 15 is 0 Å². The number of nitrogens with zero attached hydrogens (tertiary/aromatic N) is 6. The van der Waals surface area contributed by atoms with E-state index in [1.807, 2.05) is 12.1 Å². The lowest BCUT2D eigenvalue weighted by Crippen LogP contribution is -1.98. The molecule has 0 bridgehead atoms. The van der Waals surface area contributed by atoms with Gasteiger partial charge >= 0.3 is 0 Å². The number of hydrogen-bond donors (Lipinski definition) is 0. The molecule has 0 N–H and O–H groups in total. The maximum atomic E-state index is 4.02. The number of aromatic nitrogens is 6. The first-order valence-corrected chi connectivity index (χ1v) is 5.54. The molecule has 2 aromatic heterocycles. The van der Waals surface area contributed by atoms with Crippen molar-refractivity contribution in [1.82, 2.24) is 30.5 Å². The van der Waals surface area contributed by atoms with Crippen molar-refractivity contribution >= 4 is 48.4 Å². The van der Waals surface area contributed by atoms with Gasteiger partial charge in [-0.15, -0.1) is 10.2 Å². The number of halogens is 2. The summed E-state index contributed by atoms with van der Waals surface area (Å²) in [6.07, 6.45) is 0. The third kappa shape index (κ3) is 1.32. The highest BCUT2D eigenvalue weighted by atomic mass is 79.9. The topological polar surface area (TPSA) is 68.9 Å². The maximum Gasteiger partial charge on any atom is 0.211 e. The Hall–Kier alpha value is -1.15. The summed E-state index contributed by atoms with van der Waals surface area (Å²) in [5.74, 6) is 0. The molecule has 0 saturated heterocycles. The molecule has 0 spiro atoms. The molecule has 0 atom stereocenters. The predicted octanol–water partition coefficient (Wildman–Crippen LogP) is 1.59. The summed E-state index contributed by atoms with van der Waals surface area (Å²) in [4.78, 5) is 0. The molecule has 0 fully saturated rings. The van der Waals surface area contributed by atoms with Crippen LogP contribution < -0.4 is 0 Å². The molecule has 3 aromatic rings. The van der Waals surface area contributed by atoms with Gasteiger partial charge in [0.1, 0.15) is 5.52 Å². The second-order valence-corrected chi connectivity index (χ2v) is 4.64. The Balaban J connectivity index is 2.61. The minimum absolute atomic E-state index is 0.585. The normalized spacial score (nSPS) is 11.3. The molecule has 15 heavy (non-hydrogen) atoms. The monoisotopic (exact) mass is 328 g/mol. The fourth-order valence-corrected chi connectivity index (χ4v) is 2.63. The molecule has 0 amide bonds. The Labute approximate surface area is 99.9 Å². The molecule has 0 radical (unpaired) electrons. The summed E-state index contributed by atoms with van der Waals surface area (Å²) in [6, 6.07) is 3.80. The van der Waals surface area contributed by atoms with E-state index in [-0.39, 0.29) is 0 Å². The van der Waals surface area contributed by atoms with Crippen molar-refractivity contribution in [1.29, 1.82) is 0 Å². The first-order valence-electron chi connectivity index (χ1n) is 3.95. The van der Waals surface area contributed by atoms with E-state index in [0.29, 0.717) is 5.65 Å². The summed E-state index contributed by atoms with van der Waals surface area (Å²) in [5, 5.41) is 19.8. The molecule has 74 valence electrons. The first-order chi connectivity index (χ1) is 7.25. The highest BCUT2D eigenvalue weighted by Gasteiger charge is 2.09. The van der Waals surface area contributed by atoms with Crippen molar-refractivity contribution in [2.75, 3.05) is 0 Å². The molecule has 6 nitrogen and oxygen atoms in total. The molecule has 3 rings (SSSR count). The van der Waals surface area contributed by atoms with Crippen LogP contribution in [0.4, 0.5) is 0 Å². The summed E-state index contributed by atoms with van der Waals surface area (Å²) in [5.41, 5.74) is 1.32. The Morgan fingerprint density at radius 1 is 1.07 bits per heavy atom. The quantitative estimate of drug-likeness (QED) is 0.626. The van der Waals surface area contributed by atoms with Gasteiger partial charge in [-0.2, -0.15) is 0 Å². The van der Waals surface area contributed by atoms with Crippen LogP contribution in [0.5, 0.6) is 0 Å². The van der Waals surface area contributed by atoms with Crippen molar-refractivity contribution in [3.8, 4) is 0 Å². The van der Waals surface area contributed by atoms with Crippen LogP contribution in [0, 0.1) is 0 Å². The average molecular weight is 330 g/mol. The number of benzene rings is 1. The van der Waals surface area contributed by atoms with E-state index in [9.17, 15) is 0 Å². The zero-order valence-electron chi connectivity index (χ0n) is 7.09. The van der Waals surface area contributed by atoms with Crippen LogP contribution in [0.1, 0.15) is 0 Å². The SMILES string of the molecule is Brc1cc(Br)c2nnn3nnnc3c2c1. The lowest BCUT2D eigenvalue weighted by atomic mass is 10.2. The molecule has 1 aromatic carbocycles. The largest absolute Gasteiger partial charge is 0.211 e. The van der Waals surface area contributed by atoms with E-state index in [0.717, 1.165) is 19.8 Å².